The summed E-state index contributed by atoms with van der Waals surface area (Å²) >= 11 is 0. The maximum absolute atomic E-state index is 10.6. The standard InChI is InChI=1S/C13H12N2O5/c16-13(17)12-5-4-11(20-12)8-14-7-9-2-1-3-10(6-9)15(18)19/h1-6,14H,7-8H2,(H,16,17). The number of non-ortho nitro benzene ring substituents is 1. The summed E-state index contributed by atoms with van der Waals surface area (Å²) in [7, 11) is 0. The highest BCUT2D eigenvalue weighted by Gasteiger charge is 2.09. The molecule has 1 heterocycles. The third-order valence-corrected chi connectivity index (χ3v) is 2.62. The SMILES string of the molecule is O=C(O)c1ccc(CNCc2cccc([N+](=O)[O-])c2)o1. The Morgan fingerprint density at radius 3 is 2.75 bits per heavy atom. The Balaban J connectivity index is 1.90. The lowest BCUT2D eigenvalue weighted by atomic mass is 10.2. The lowest BCUT2D eigenvalue weighted by Crippen LogP contribution is -2.12. The minimum Gasteiger partial charge on any atom is -0.475 e. The summed E-state index contributed by atoms with van der Waals surface area (Å²) in [5, 5.41) is 22.4. The Kier molecular flexibility index (Phi) is 4.11. The van der Waals surface area contributed by atoms with Crippen LogP contribution in [0.3, 0.4) is 0 Å². The fraction of sp³-hybridized carbons (Fsp3) is 0.154. The summed E-state index contributed by atoms with van der Waals surface area (Å²) in [5.41, 5.74) is 0.805. The number of benzene rings is 1. The van der Waals surface area contributed by atoms with Crippen molar-refractivity contribution in [1.29, 1.82) is 0 Å². The molecule has 2 aromatic rings. The highest BCUT2D eigenvalue weighted by Crippen LogP contribution is 2.13. The van der Waals surface area contributed by atoms with Crippen LogP contribution in [0.15, 0.2) is 40.8 Å². The van der Waals surface area contributed by atoms with Crippen molar-refractivity contribution < 1.29 is 19.2 Å². The van der Waals surface area contributed by atoms with Crippen LogP contribution in [0.4, 0.5) is 5.69 Å². The maximum Gasteiger partial charge on any atom is 0.371 e. The van der Waals surface area contributed by atoms with E-state index in [0.717, 1.165) is 5.56 Å². The van der Waals surface area contributed by atoms with E-state index in [-0.39, 0.29) is 11.4 Å². The van der Waals surface area contributed by atoms with E-state index < -0.39 is 10.9 Å². The van der Waals surface area contributed by atoms with Crippen molar-refractivity contribution in [1.82, 2.24) is 5.32 Å². The average Bonchev–Trinajstić information content (AvgIpc) is 2.88. The summed E-state index contributed by atoms with van der Waals surface area (Å²) in [4.78, 5) is 20.8. The van der Waals surface area contributed by atoms with Crippen molar-refractivity contribution in [3.8, 4) is 0 Å². The second-order valence-corrected chi connectivity index (χ2v) is 4.10. The molecule has 2 N–H and O–H groups in total. The Hall–Kier alpha value is -2.67. The minimum atomic E-state index is -1.12. The van der Waals surface area contributed by atoms with Gasteiger partial charge in [0.15, 0.2) is 0 Å². The molecule has 20 heavy (non-hydrogen) atoms. The van der Waals surface area contributed by atoms with Crippen LogP contribution in [0.1, 0.15) is 21.9 Å². The van der Waals surface area contributed by atoms with Gasteiger partial charge in [0.2, 0.25) is 5.76 Å². The normalized spacial score (nSPS) is 10.4. The zero-order valence-corrected chi connectivity index (χ0v) is 10.4. The van der Waals surface area contributed by atoms with E-state index in [1.807, 2.05) is 0 Å². The molecule has 0 aliphatic heterocycles. The summed E-state index contributed by atoms with van der Waals surface area (Å²) in [6.45, 7) is 0.765. The summed E-state index contributed by atoms with van der Waals surface area (Å²) in [6.07, 6.45) is 0. The molecule has 7 heteroatoms. The van der Waals surface area contributed by atoms with Gasteiger partial charge in [0.05, 0.1) is 11.5 Å². The van der Waals surface area contributed by atoms with Gasteiger partial charge in [-0.3, -0.25) is 10.1 Å². The van der Waals surface area contributed by atoms with E-state index in [4.69, 9.17) is 9.52 Å². The molecule has 0 spiro atoms. The van der Waals surface area contributed by atoms with Gasteiger partial charge in [-0.2, -0.15) is 0 Å². The van der Waals surface area contributed by atoms with Gasteiger partial charge in [-0.25, -0.2) is 4.79 Å². The average molecular weight is 276 g/mol. The lowest BCUT2D eigenvalue weighted by Gasteiger charge is -2.03. The van der Waals surface area contributed by atoms with Crippen LogP contribution in [0.25, 0.3) is 0 Å². The second-order valence-electron chi connectivity index (χ2n) is 4.10. The van der Waals surface area contributed by atoms with Crippen LogP contribution in [0.2, 0.25) is 0 Å². The predicted octanol–water partition coefficient (Wildman–Crippen LogP) is 2.18. The first-order valence-corrected chi connectivity index (χ1v) is 5.82. The molecule has 0 aliphatic rings. The molecule has 0 amide bonds. The molecular weight excluding hydrogens is 264 g/mol. The lowest BCUT2D eigenvalue weighted by molar-refractivity contribution is -0.384. The number of furan rings is 1. The van der Waals surface area contributed by atoms with E-state index >= 15 is 0 Å². The number of carboxylic acid groups (broad SMARTS) is 1. The van der Waals surface area contributed by atoms with Crippen molar-refractivity contribution in [3.05, 3.63) is 63.6 Å². The Labute approximate surface area is 114 Å². The first kappa shape index (κ1) is 13.8. The minimum absolute atomic E-state index is 0.0375. The van der Waals surface area contributed by atoms with Gasteiger partial charge in [-0.15, -0.1) is 0 Å². The highest BCUT2D eigenvalue weighted by atomic mass is 16.6. The van der Waals surface area contributed by atoms with Crippen molar-refractivity contribution in [3.63, 3.8) is 0 Å². The summed E-state index contributed by atoms with van der Waals surface area (Å²) in [5.74, 6) is -0.736. The summed E-state index contributed by atoms with van der Waals surface area (Å²) < 4.78 is 5.07. The molecule has 1 aromatic carbocycles. The van der Waals surface area contributed by atoms with Gasteiger partial charge in [-0.1, -0.05) is 12.1 Å². The molecular formula is C13H12N2O5. The predicted molar refractivity (Wildman–Crippen MR) is 69.3 cm³/mol. The number of carboxylic acids is 1. The molecule has 0 unspecified atom stereocenters. The number of hydrogen-bond acceptors (Lipinski definition) is 5. The van der Waals surface area contributed by atoms with Crippen molar-refractivity contribution >= 4 is 11.7 Å². The van der Waals surface area contributed by atoms with Gasteiger partial charge < -0.3 is 14.8 Å². The number of nitrogens with one attached hydrogen (secondary N) is 1. The number of carbonyl (C=O) groups is 1. The van der Waals surface area contributed by atoms with E-state index in [0.29, 0.717) is 18.8 Å². The Morgan fingerprint density at radius 2 is 2.10 bits per heavy atom. The first-order valence-electron chi connectivity index (χ1n) is 5.82. The van der Waals surface area contributed by atoms with E-state index in [2.05, 4.69) is 5.32 Å². The van der Waals surface area contributed by atoms with E-state index in [1.54, 1.807) is 18.2 Å². The zero-order valence-electron chi connectivity index (χ0n) is 10.4. The molecule has 0 fully saturated rings. The van der Waals surface area contributed by atoms with Crippen molar-refractivity contribution in [2.75, 3.05) is 0 Å². The van der Waals surface area contributed by atoms with Gasteiger partial charge in [0.25, 0.3) is 5.69 Å². The molecule has 0 atom stereocenters. The number of nitrogens with zero attached hydrogens (tertiary/aromatic N) is 1. The summed E-state index contributed by atoms with van der Waals surface area (Å²) in [6, 6.07) is 9.25. The Bertz CT molecular complexity index is 635. The third kappa shape index (κ3) is 3.42. The topological polar surface area (TPSA) is 106 Å². The monoisotopic (exact) mass is 276 g/mol. The fourth-order valence-electron chi connectivity index (χ4n) is 1.70. The van der Waals surface area contributed by atoms with Gasteiger partial charge in [0, 0.05) is 18.7 Å². The zero-order chi connectivity index (χ0) is 14.5. The molecule has 0 radical (unpaired) electrons. The molecule has 0 saturated heterocycles. The molecule has 0 aliphatic carbocycles. The van der Waals surface area contributed by atoms with Crippen LogP contribution in [0.5, 0.6) is 0 Å². The van der Waals surface area contributed by atoms with Crippen LogP contribution in [-0.2, 0) is 13.1 Å². The Morgan fingerprint density at radius 1 is 1.30 bits per heavy atom. The third-order valence-electron chi connectivity index (χ3n) is 2.62. The molecule has 104 valence electrons. The number of aromatic carboxylic acids is 1. The van der Waals surface area contributed by atoms with Crippen molar-refractivity contribution in [2.24, 2.45) is 0 Å². The van der Waals surface area contributed by atoms with Crippen LogP contribution < -0.4 is 5.32 Å². The van der Waals surface area contributed by atoms with Gasteiger partial charge in [-0.05, 0) is 17.7 Å². The molecule has 1 aromatic heterocycles. The van der Waals surface area contributed by atoms with Crippen LogP contribution in [-0.4, -0.2) is 16.0 Å². The van der Waals surface area contributed by atoms with E-state index in [9.17, 15) is 14.9 Å². The molecule has 2 rings (SSSR count). The molecule has 0 saturated carbocycles. The van der Waals surface area contributed by atoms with Crippen LogP contribution in [0, 0.1) is 10.1 Å². The molecule has 0 bridgehead atoms. The number of rotatable bonds is 6. The first-order chi connectivity index (χ1) is 9.56. The second kappa shape index (κ2) is 5.98. The van der Waals surface area contributed by atoms with E-state index in [1.165, 1.54) is 18.2 Å². The van der Waals surface area contributed by atoms with Gasteiger partial charge >= 0.3 is 5.97 Å². The largest absolute Gasteiger partial charge is 0.475 e. The molecule has 7 nitrogen and oxygen atoms in total. The smallest absolute Gasteiger partial charge is 0.371 e. The van der Waals surface area contributed by atoms with Crippen molar-refractivity contribution in [2.45, 2.75) is 13.1 Å². The van der Waals surface area contributed by atoms with Gasteiger partial charge in [0.1, 0.15) is 5.76 Å². The van der Waals surface area contributed by atoms with Crippen LogP contribution >= 0.6 is 0 Å². The number of nitro benzene ring substituents is 1. The number of hydrogen-bond donors (Lipinski definition) is 2. The highest BCUT2D eigenvalue weighted by molar-refractivity contribution is 5.84. The number of nitro groups is 1. The maximum atomic E-state index is 10.6. The quantitative estimate of drug-likeness (QED) is 0.618. The fourth-order valence-corrected chi connectivity index (χ4v) is 1.70.